The summed E-state index contributed by atoms with van der Waals surface area (Å²) in [6, 6.07) is 5.98. The van der Waals surface area contributed by atoms with E-state index in [0.717, 1.165) is 0 Å². The molecule has 0 aliphatic heterocycles. The van der Waals surface area contributed by atoms with Gasteiger partial charge >= 0.3 is 5.97 Å². The number of anilines is 1. The number of rotatable bonds is 5. The van der Waals surface area contributed by atoms with Crippen LogP contribution in [0, 0.1) is 0 Å². The van der Waals surface area contributed by atoms with E-state index in [1.54, 1.807) is 31.5 Å². The van der Waals surface area contributed by atoms with Crippen LogP contribution < -0.4 is 5.32 Å². The average molecular weight is 338 g/mol. The molecule has 0 saturated carbocycles. The van der Waals surface area contributed by atoms with E-state index in [9.17, 15) is 9.59 Å². The fourth-order valence-corrected chi connectivity index (χ4v) is 2.49. The van der Waals surface area contributed by atoms with Crippen LogP contribution in [-0.4, -0.2) is 32.2 Å². The second-order valence-electron chi connectivity index (χ2n) is 4.28. The van der Waals surface area contributed by atoms with Crippen molar-refractivity contribution in [2.24, 2.45) is 0 Å². The Labute approximate surface area is 135 Å². The lowest BCUT2D eigenvalue weighted by Crippen LogP contribution is -2.22. The van der Waals surface area contributed by atoms with Gasteiger partial charge in [-0.05, 0) is 31.2 Å². The fourth-order valence-electron chi connectivity index (χ4n) is 1.57. The number of carbonyl (C=O) groups is 2. The highest BCUT2D eigenvalue weighted by atomic mass is 35.5. The van der Waals surface area contributed by atoms with Gasteiger partial charge in [0.2, 0.25) is 5.91 Å². The minimum Gasteiger partial charge on any atom is -0.478 e. The Balaban J connectivity index is 2.05. The van der Waals surface area contributed by atoms with E-state index in [4.69, 9.17) is 16.7 Å². The zero-order valence-corrected chi connectivity index (χ0v) is 13.1. The van der Waals surface area contributed by atoms with Crippen LogP contribution in [0.4, 0.5) is 5.69 Å². The fraction of sp³-hybridized carbons (Fsp3) is 0.143. The van der Waals surface area contributed by atoms with Crippen molar-refractivity contribution in [3.63, 3.8) is 0 Å². The summed E-state index contributed by atoms with van der Waals surface area (Å²) in [6.07, 6.45) is 3.19. The number of nitrogens with zero attached hydrogens (tertiary/aromatic N) is 2. The summed E-state index contributed by atoms with van der Waals surface area (Å²) in [6.45, 7) is 1.71. The monoisotopic (exact) mass is 337 g/mol. The zero-order valence-electron chi connectivity index (χ0n) is 11.5. The Bertz CT molecular complexity index is 697. The van der Waals surface area contributed by atoms with Gasteiger partial charge in [0.05, 0.1) is 15.8 Å². The molecular weight excluding hydrogens is 326 g/mol. The molecule has 0 bridgehead atoms. The number of aromatic carboxylic acids is 1. The third kappa shape index (κ3) is 4.19. The molecule has 2 rings (SSSR count). The molecule has 1 unspecified atom stereocenters. The zero-order chi connectivity index (χ0) is 16.1. The molecule has 0 spiro atoms. The molecule has 0 aliphatic carbocycles. The Morgan fingerprint density at radius 1 is 1.32 bits per heavy atom. The number of halogens is 1. The van der Waals surface area contributed by atoms with Crippen molar-refractivity contribution in [2.75, 3.05) is 5.32 Å². The van der Waals surface area contributed by atoms with Crippen LogP contribution in [-0.2, 0) is 4.79 Å². The molecule has 1 heterocycles. The number of carbonyl (C=O) groups excluding carboxylic acids is 1. The lowest BCUT2D eigenvalue weighted by Gasteiger charge is -2.11. The molecule has 0 aliphatic rings. The molecule has 2 aromatic rings. The van der Waals surface area contributed by atoms with Crippen molar-refractivity contribution in [3.05, 3.63) is 47.2 Å². The Morgan fingerprint density at radius 3 is 2.64 bits per heavy atom. The molecule has 0 saturated heterocycles. The number of benzene rings is 1. The van der Waals surface area contributed by atoms with Crippen LogP contribution in [0.3, 0.4) is 0 Å². The first-order valence-electron chi connectivity index (χ1n) is 6.25. The topological polar surface area (TPSA) is 92.2 Å². The van der Waals surface area contributed by atoms with E-state index in [1.165, 1.54) is 23.9 Å². The Hall–Kier alpha value is -2.12. The minimum atomic E-state index is -1.15. The molecule has 1 aromatic heterocycles. The molecular formula is C14H12ClN3O3S. The number of hydrogen-bond donors (Lipinski definition) is 2. The van der Waals surface area contributed by atoms with Crippen LogP contribution in [0.2, 0.25) is 5.02 Å². The molecule has 6 nitrogen and oxygen atoms in total. The number of carboxylic acid groups (broad SMARTS) is 1. The first-order valence-corrected chi connectivity index (χ1v) is 7.50. The highest BCUT2D eigenvalue weighted by Gasteiger charge is 2.17. The second kappa shape index (κ2) is 7.24. The van der Waals surface area contributed by atoms with E-state index in [-0.39, 0.29) is 16.5 Å². The van der Waals surface area contributed by atoms with Gasteiger partial charge in [-0.3, -0.25) is 4.79 Å². The number of nitrogens with one attached hydrogen (secondary N) is 1. The van der Waals surface area contributed by atoms with Gasteiger partial charge in [0.25, 0.3) is 0 Å². The summed E-state index contributed by atoms with van der Waals surface area (Å²) in [5.41, 5.74) is 0.305. The highest BCUT2D eigenvalue weighted by molar-refractivity contribution is 8.00. The number of amides is 1. The molecule has 1 atom stereocenters. The van der Waals surface area contributed by atoms with Crippen molar-refractivity contribution in [2.45, 2.75) is 17.3 Å². The molecule has 22 heavy (non-hydrogen) atoms. The summed E-state index contributed by atoms with van der Waals surface area (Å²) >= 11 is 6.99. The van der Waals surface area contributed by atoms with Gasteiger partial charge in [-0.1, -0.05) is 23.4 Å². The summed E-state index contributed by atoms with van der Waals surface area (Å²) in [7, 11) is 0. The Kier molecular flexibility index (Phi) is 5.35. The van der Waals surface area contributed by atoms with Gasteiger partial charge in [0, 0.05) is 18.1 Å². The van der Waals surface area contributed by atoms with Crippen molar-refractivity contribution in [1.82, 2.24) is 9.97 Å². The summed E-state index contributed by atoms with van der Waals surface area (Å²) in [5.74, 6) is -1.43. The first kappa shape index (κ1) is 16.3. The summed E-state index contributed by atoms with van der Waals surface area (Å²) < 4.78 is 0. The lowest BCUT2D eigenvalue weighted by molar-refractivity contribution is -0.115. The van der Waals surface area contributed by atoms with Gasteiger partial charge in [-0.2, -0.15) is 0 Å². The maximum atomic E-state index is 12.1. The predicted molar refractivity (Wildman–Crippen MR) is 84.4 cm³/mol. The summed E-state index contributed by atoms with van der Waals surface area (Å²) in [4.78, 5) is 31.2. The van der Waals surface area contributed by atoms with E-state index in [1.807, 2.05) is 0 Å². The van der Waals surface area contributed by atoms with E-state index in [2.05, 4.69) is 15.3 Å². The standard InChI is InChI=1S/C14H12ClN3O3S/c1-8(22-14-16-5-2-6-17-14)12(19)18-9-3-4-11(15)10(7-9)13(20)21/h2-8H,1H3,(H,18,19)(H,20,21). The third-order valence-corrected chi connectivity index (χ3v) is 3.98. The van der Waals surface area contributed by atoms with E-state index >= 15 is 0 Å². The molecule has 8 heteroatoms. The summed E-state index contributed by atoms with van der Waals surface area (Å²) in [5, 5.41) is 11.8. The first-order chi connectivity index (χ1) is 10.5. The predicted octanol–water partition coefficient (Wildman–Crippen LogP) is 2.95. The van der Waals surface area contributed by atoms with Gasteiger partial charge in [-0.25, -0.2) is 14.8 Å². The van der Waals surface area contributed by atoms with Crippen LogP contribution >= 0.6 is 23.4 Å². The van der Waals surface area contributed by atoms with Gasteiger partial charge < -0.3 is 10.4 Å². The van der Waals surface area contributed by atoms with Crippen LogP contribution in [0.15, 0.2) is 41.8 Å². The molecule has 114 valence electrons. The minimum absolute atomic E-state index is 0.0637. The molecule has 0 fully saturated rings. The smallest absolute Gasteiger partial charge is 0.337 e. The maximum absolute atomic E-state index is 12.1. The van der Waals surface area contributed by atoms with Crippen LogP contribution in [0.5, 0.6) is 0 Å². The maximum Gasteiger partial charge on any atom is 0.337 e. The number of carboxylic acids is 1. The molecule has 2 N–H and O–H groups in total. The van der Waals surface area contributed by atoms with Crippen LogP contribution in [0.25, 0.3) is 0 Å². The Morgan fingerprint density at radius 2 is 2.00 bits per heavy atom. The van der Waals surface area contributed by atoms with Crippen molar-refractivity contribution in [3.8, 4) is 0 Å². The van der Waals surface area contributed by atoms with Crippen molar-refractivity contribution < 1.29 is 14.7 Å². The highest BCUT2D eigenvalue weighted by Crippen LogP contribution is 2.23. The van der Waals surface area contributed by atoms with Crippen molar-refractivity contribution in [1.29, 1.82) is 0 Å². The molecule has 1 amide bonds. The average Bonchev–Trinajstić information content (AvgIpc) is 2.49. The normalized spacial score (nSPS) is 11.7. The van der Waals surface area contributed by atoms with Gasteiger partial charge in [0.15, 0.2) is 5.16 Å². The lowest BCUT2D eigenvalue weighted by atomic mass is 10.2. The van der Waals surface area contributed by atoms with Crippen LogP contribution in [0.1, 0.15) is 17.3 Å². The van der Waals surface area contributed by atoms with Crippen molar-refractivity contribution >= 4 is 40.9 Å². The van der Waals surface area contributed by atoms with Gasteiger partial charge in [0.1, 0.15) is 0 Å². The largest absolute Gasteiger partial charge is 0.478 e. The quantitative estimate of drug-likeness (QED) is 0.643. The second-order valence-corrected chi connectivity index (χ2v) is 6.00. The number of thioether (sulfide) groups is 1. The molecule has 1 aromatic carbocycles. The van der Waals surface area contributed by atoms with E-state index in [0.29, 0.717) is 10.8 Å². The van der Waals surface area contributed by atoms with E-state index < -0.39 is 11.2 Å². The number of aromatic nitrogens is 2. The third-order valence-electron chi connectivity index (χ3n) is 2.66. The molecule has 0 radical (unpaired) electrons. The van der Waals surface area contributed by atoms with Gasteiger partial charge in [-0.15, -0.1) is 0 Å². The SMILES string of the molecule is CC(Sc1ncccn1)C(=O)Nc1ccc(Cl)c(C(=O)O)c1. The number of hydrogen-bond acceptors (Lipinski definition) is 5.